The Morgan fingerprint density at radius 3 is 2.62 bits per heavy atom. The number of aliphatic hydroxyl groups excluding tert-OH is 1. The molecule has 1 aliphatic rings. The predicted molar refractivity (Wildman–Crippen MR) is 45.4 cm³/mol. The maximum absolute atomic E-state index is 10.3. The lowest BCUT2D eigenvalue weighted by Gasteiger charge is -2.14. The Labute approximate surface area is 75.6 Å². The van der Waals surface area contributed by atoms with Gasteiger partial charge in [0.25, 0.3) is 0 Å². The standard InChI is InChI=1S/C7H8O5S/c1-5-4-6(8)2-3-7(5)12-13(9,10)11/h2-4,7-8H,1H2,(H,9,10,11). The molecule has 2 N–H and O–H groups in total. The molecule has 1 unspecified atom stereocenters. The number of allylic oxidation sites excluding steroid dienone is 1. The van der Waals surface area contributed by atoms with Gasteiger partial charge < -0.3 is 5.11 Å². The zero-order valence-corrected chi connectivity index (χ0v) is 7.36. The number of hydrogen-bond donors (Lipinski definition) is 2. The quantitative estimate of drug-likeness (QED) is 0.648. The SMILES string of the molecule is C=C1C=C(O)C=CC1OS(=O)(=O)O. The van der Waals surface area contributed by atoms with E-state index in [0.717, 1.165) is 0 Å². The van der Waals surface area contributed by atoms with Crippen molar-refractivity contribution in [2.75, 3.05) is 0 Å². The largest absolute Gasteiger partial charge is 0.508 e. The van der Waals surface area contributed by atoms with Crippen LogP contribution in [0, 0.1) is 0 Å². The third-order valence-electron chi connectivity index (χ3n) is 1.37. The second kappa shape index (κ2) is 3.33. The highest BCUT2D eigenvalue weighted by Gasteiger charge is 2.18. The maximum atomic E-state index is 10.3. The van der Waals surface area contributed by atoms with E-state index in [0.29, 0.717) is 0 Å². The van der Waals surface area contributed by atoms with Gasteiger partial charge in [0.1, 0.15) is 11.9 Å². The first-order chi connectivity index (χ1) is 5.88. The highest BCUT2D eigenvalue weighted by Crippen LogP contribution is 2.17. The van der Waals surface area contributed by atoms with E-state index in [2.05, 4.69) is 10.8 Å². The molecule has 0 amide bonds. The predicted octanol–water partition coefficient (Wildman–Crippen LogP) is 0.742. The van der Waals surface area contributed by atoms with Crippen LogP contribution in [0.2, 0.25) is 0 Å². The van der Waals surface area contributed by atoms with Crippen molar-refractivity contribution in [1.82, 2.24) is 0 Å². The van der Waals surface area contributed by atoms with Crippen LogP contribution in [0.3, 0.4) is 0 Å². The first kappa shape index (κ1) is 9.97. The van der Waals surface area contributed by atoms with E-state index in [4.69, 9.17) is 9.66 Å². The van der Waals surface area contributed by atoms with Crippen LogP contribution in [0.25, 0.3) is 0 Å². The Morgan fingerprint density at radius 1 is 1.54 bits per heavy atom. The minimum Gasteiger partial charge on any atom is -0.508 e. The van der Waals surface area contributed by atoms with Crippen molar-refractivity contribution in [3.8, 4) is 0 Å². The summed E-state index contributed by atoms with van der Waals surface area (Å²) in [5.74, 6) is -0.0415. The Balaban J connectivity index is 2.77. The molecular weight excluding hydrogens is 196 g/mol. The fraction of sp³-hybridized carbons (Fsp3) is 0.143. The van der Waals surface area contributed by atoms with Gasteiger partial charge in [0.05, 0.1) is 0 Å². The van der Waals surface area contributed by atoms with Crippen molar-refractivity contribution < 1.29 is 22.3 Å². The van der Waals surface area contributed by atoms with E-state index in [-0.39, 0.29) is 11.3 Å². The van der Waals surface area contributed by atoms with Crippen molar-refractivity contribution in [2.24, 2.45) is 0 Å². The molecule has 5 nitrogen and oxygen atoms in total. The Bertz CT molecular complexity index is 376. The maximum Gasteiger partial charge on any atom is 0.398 e. The Morgan fingerprint density at radius 2 is 2.15 bits per heavy atom. The summed E-state index contributed by atoms with van der Waals surface area (Å²) in [4.78, 5) is 0. The third-order valence-corrected chi connectivity index (χ3v) is 1.82. The molecule has 0 fully saturated rings. The average molecular weight is 204 g/mol. The number of rotatable bonds is 2. The molecule has 1 aliphatic carbocycles. The molecule has 0 aromatic heterocycles. The van der Waals surface area contributed by atoms with Gasteiger partial charge in [0, 0.05) is 0 Å². The minimum absolute atomic E-state index is 0.0415. The van der Waals surface area contributed by atoms with Gasteiger partial charge in [-0.2, -0.15) is 8.42 Å². The molecule has 0 saturated heterocycles. The van der Waals surface area contributed by atoms with Crippen LogP contribution in [0.5, 0.6) is 0 Å². The lowest BCUT2D eigenvalue weighted by molar-refractivity contribution is 0.245. The van der Waals surface area contributed by atoms with Crippen LogP contribution in [-0.2, 0) is 14.6 Å². The summed E-state index contributed by atoms with van der Waals surface area (Å²) in [5.41, 5.74) is 0.248. The highest BCUT2D eigenvalue weighted by molar-refractivity contribution is 7.80. The first-order valence-electron chi connectivity index (χ1n) is 3.32. The van der Waals surface area contributed by atoms with Crippen molar-refractivity contribution in [3.63, 3.8) is 0 Å². The summed E-state index contributed by atoms with van der Waals surface area (Å²) in [6.45, 7) is 3.44. The van der Waals surface area contributed by atoms with Gasteiger partial charge in [-0.25, -0.2) is 4.18 Å². The lowest BCUT2D eigenvalue weighted by Crippen LogP contribution is -2.18. The van der Waals surface area contributed by atoms with Crippen molar-refractivity contribution in [2.45, 2.75) is 6.10 Å². The summed E-state index contributed by atoms with van der Waals surface area (Å²) in [7, 11) is -4.50. The molecule has 0 aromatic rings. The zero-order chi connectivity index (χ0) is 10.1. The van der Waals surface area contributed by atoms with Crippen LogP contribution in [0.4, 0.5) is 0 Å². The third kappa shape index (κ3) is 3.02. The highest BCUT2D eigenvalue weighted by atomic mass is 32.3. The second-order valence-electron chi connectivity index (χ2n) is 2.45. The summed E-state index contributed by atoms with van der Waals surface area (Å²) in [6, 6.07) is 0. The van der Waals surface area contributed by atoms with Crippen LogP contribution >= 0.6 is 0 Å². The molecule has 6 heteroatoms. The van der Waals surface area contributed by atoms with E-state index in [1.807, 2.05) is 0 Å². The van der Waals surface area contributed by atoms with Crippen LogP contribution < -0.4 is 0 Å². The van der Waals surface area contributed by atoms with Crippen LogP contribution in [0.1, 0.15) is 0 Å². The molecule has 0 saturated carbocycles. The van der Waals surface area contributed by atoms with Crippen LogP contribution in [-0.4, -0.2) is 24.2 Å². The molecule has 1 atom stereocenters. The number of aliphatic hydroxyl groups is 1. The molecule has 0 bridgehead atoms. The average Bonchev–Trinajstić information content (AvgIpc) is 1.93. The smallest absolute Gasteiger partial charge is 0.398 e. The molecule has 72 valence electrons. The lowest BCUT2D eigenvalue weighted by atomic mass is 10.1. The van der Waals surface area contributed by atoms with Gasteiger partial charge in [-0.3, -0.25) is 4.55 Å². The Kier molecular flexibility index (Phi) is 2.55. The summed E-state index contributed by atoms with van der Waals surface area (Å²) in [6.07, 6.45) is 2.82. The zero-order valence-electron chi connectivity index (χ0n) is 6.54. The fourth-order valence-corrected chi connectivity index (χ4v) is 1.30. The fourth-order valence-electron chi connectivity index (χ4n) is 0.855. The van der Waals surface area contributed by atoms with Crippen molar-refractivity contribution in [1.29, 1.82) is 0 Å². The van der Waals surface area contributed by atoms with Crippen LogP contribution in [0.15, 0.2) is 36.1 Å². The molecule has 1 rings (SSSR count). The van der Waals surface area contributed by atoms with E-state index in [1.165, 1.54) is 18.2 Å². The summed E-state index contributed by atoms with van der Waals surface area (Å²) < 4.78 is 33.2. The van der Waals surface area contributed by atoms with Gasteiger partial charge in [-0.15, -0.1) is 0 Å². The van der Waals surface area contributed by atoms with Gasteiger partial charge >= 0.3 is 10.4 Å². The molecule has 0 heterocycles. The summed E-state index contributed by atoms with van der Waals surface area (Å²) in [5, 5.41) is 8.94. The van der Waals surface area contributed by atoms with E-state index >= 15 is 0 Å². The molecular formula is C7H8O5S. The molecule has 0 radical (unpaired) electrons. The van der Waals surface area contributed by atoms with Crippen molar-refractivity contribution in [3.05, 3.63) is 36.1 Å². The van der Waals surface area contributed by atoms with Crippen molar-refractivity contribution >= 4 is 10.4 Å². The van der Waals surface area contributed by atoms with Gasteiger partial charge in [-0.05, 0) is 23.8 Å². The minimum atomic E-state index is -4.50. The van der Waals surface area contributed by atoms with E-state index in [9.17, 15) is 8.42 Å². The Hall–Kier alpha value is -1.11. The monoisotopic (exact) mass is 204 g/mol. The number of hydrogen-bond acceptors (Lipinski definition) is 4. The van der Waals surface area contributed by atoms with E-state index < -0.39 is 16.5 Å². The van der Waals surface area contributed by atoms with Gasteiger partial charge in [0.15, 0.2) is 0 Å². The summed E-state index contributed by atoms with van der Waals surface area (Å²) >= 11 is 0. The molecule has 0 spiro atoms. The first-order valence-corrected chi connectivity index (χ1v) is 4.68. The molecule has 0 aliphatic heterocycles. The topological polar surface area (TPSA) is 83.8 Å². The second-order valence-corrected chi connectivity index (χ2v) is 3.50. The normalized spacial score (nSPS) is 23.0. The molecule has 0 aromatic carbocycles. The van der Waals surface area contributed by atoms with E-state index in [1.54, 1.807) is 0 Å². The van der Waals surface area contributed by atoms with Gasteiger partial charge in [-0.1, -0.05) is 6.58 Å². The van der Waals surface area contributed by atoms with Gasteiger partial charge in [0.2, 0.25) is 0 Å². The molecule has 13 heavy (non-hydrogen) atoms.